The zero-order valence-corrected chi connectivity index (χ0v) is 10.1. The summed E-state index contributed by atoms with van der Waals surface area (Å²) < 4.78 is 0.889. The molecule has 0 radical (unpaired) electrons. The van der Waals surface area contributed by atoms with Crippen molar-refractivity contribution < 1.29 is 5.11 Å². The van der Waals surface area contributed by atoms with Gasteiger partial charge in [0.25, 0.3) is 0 Å². The first-order valence-electron chi connectivity index (χ1n) is 4.75. The fourth-order valence-corrected chi connectivity index (χ4v) is 1.54. The number of nitriles is 1. The molecule has 1 atom stereocenters. The van der Waals surface area contributed by atoms with Crippen molar-refractivity contribution in [1.82, 2.24) is 0 Å². The average Bonchev–Trinajstić information content (AvgIpc) is 2.19. The second-order valence-electron chi connectivity index (χ2n) is 3.37. The summed E-state index contributed by atoms with van der Waals surface area (Å²) in [4.78, 5) is 0. The number of aliphatic hydroxyl groups excluding tert-OH is 1. The minimum atomic E-state index is -0.321. The summed E-state index contributed by atoms with van der Waals surface area (Å²) in [7, 11) is 0. The lowest BCUT2D eigenvalue weighted by Crippen LogP contribution is -2.10. The number of nitrogens with zero attached hydrogens (tertiary/aromatic N) is 1. The first kappa shape index (κ1) is 12.0. The number of nitrogens with one attached hydrogen (secondary N) is 1. The smallest absolute Gasteiger partial charge is 0.101 e. The molecule has 4 heteroatoms. The number of hydrogen-bond acceptors (Lipinski definition) is 3. The SMILES string of the molecule is C[C@H](O)CCNc1ccc(Br)cc1C#N. The van der Waals surface area contributed by atoms with E-state index in [2.05, 4.69) is 27.3 Å². The lowest BCUT2D eigenvalue weighted by atomic mass is 10.2. The molecular weight excluding hydrogens is 256 g/mol. The molecule has 0 aliphatic rings. The van der Waals surface area contributed by atoms with E-state index in [0.29, 0.717) is 18.5 Å². The van der Waals surface area contributed by atoms with Crippen molar-refractivity contribution in [3.63, 3.8) is 0 Å². The monoisotopic (exact) mass is 268 g/mol. The molecule has 0 aliphatic heterocycles. The minimum Gasteiger partial charge on any atom is -0.393 e. The van der Waals surface area contributed by atoms with Crippen molar-refractivity contribution in [2.24, 2.45) is 0 Å². The first-order valence-corrected chi connectivity index (χ1v) is 5.54. The lowest BCUT2D eigenvalue weighted by Gasteiger charge is -2.09. The standard InChI is InChI=1S/C11H13BrN2O/c1-8(15)4-5-14-11-3-2-10(12)6-9(11)7-13/h2-3,6,8,14-15H,4-5H2,1H3/t8-/m0/s1. The third-order valence-corrected chi connectivity index (χ3v) is 2.47. The maximum absolute atomic E-state index is 9.09. The van der Waals surface area contributed by atoms with Crippen LogP contribution >= 0.6 is 15.9 Å². The highest BCUT2D eigenvalue weighted by Crippen LogP contribution is 2.20. The summed E-state index contributed by atoms with van der Waals surface area (Å²) in [5, 5.41) is 21.1. The van der Waals surface area contributed by atoms with Crippen molar-refractivity contribution >= 4 is 21.6 Å². The van der Waals surface area contributed by atoms with Gasteiger partial charge in [-0.05, 0) is 31.5 Å². The molecule has 0 aliphatic carbocycles. The van der Waals surface area contributed by atoms with Crippen molar-refractivity contribution in [2.45, 2.75) is 19.4 Å². The minimum absolute atomic E-state index is 0.321. The number of halogens is 1. The predicted octanol–water partition coefficient (Wildman–Crippen LogP) is 2.50. The normalized spacial score (nSPS) is 11.9. The molecule has 80 valence electrons. The van der Waals surface area contributed by atoms with Crippen LogP contribution < -0.4 is 5.32 Å². The maximum atomic E-state index is 9.09. The quantitative estimate of drug-likeness (QED) is 0.883. The van der Waals surface area contributed by atoms with Crippen LogP contribution in [0.5, 0.6) is 0 Å². The second-order valence-corrected chi connectivity index (χ2v) is 4.28. The van der Waals surface area contributed by atoms with E-state index in [-0.39, 0.29) is 6.10 Å². The third kappa shape index (κ3) is 3.90. The Morgan fingerprint density at radius 2 is 2.33 bits per heavy atom. The molecule has 0 saturated heterocycles. The van der Waals surface area contributed by atoms with Crippen LogP contribution in [0.25, 0.3) is 0 Å². The van der Waals surface area contributed by atoms with Gasteiger partial charge >= 0.3 is 0 Å². The van der Waals surface area contributed by atoms with Crippen LogP contribution in [0.4, 0.5) is 5.69 Å². The van der Waals surface area contributed by atoms with Crippen molar-refractivity contribution in [3.05, 3.63) is 28.2 Å². The predicted molar refractivity (Wildman–Crippen MR) is 63.6 cm³/mol. The zero-order chi connectivity index (χ0) is 11.3. The van der Waals surface area contributed by atoms with E-state index in [1.807, 2.05) is 12.1 Å². The molecule has 0 amide bonds. The molecule has 0 saturated carbocycles. The van der Waals surface area contributed by atoms with Crippen LogP contribution in [0.1, 0.15) is 18.9 Å². The van der Waals surface area contributed by atoms with Crippen molar-refractivity contribution in [3.8, 4) is 6.07 Å². The molecule has 0 bridgehead atoms. The molecule has 0 spiro atoms. The Morgan fingerprint density at radius 3 is 2.93 bits per heavy atom. The summed E-state index contributed by atoms with van der Waals surface area (Å²) in [6.45, 7) is 2.41. The first-order chi connectivity index (χ1) is 7.13. The molecule has 1 rings (SSSR count). The van der Waals surface area contributed by atoms with Gasteiger partial charge in [0.05, 0.1) is 17.4 Å². The molecule has 0 heterocycles. The van der Waals surface area contributed by atoms with E-state index in [4.69, 9.17) is 10.4 Å². The average molecular weight is 269 g/mol. The molecule has 0 unspecified atom stereocenters. The van der Waals surface area contributed by atoms with Gasteiger partial charge in [-0.1, -0.05) is 15.9 Å². The zero-order valence-electron chi connectivity index (χ0n) is 8.50. The summed E-state index contributed by atoms with van der Waals surface area (Å²) in [6.07, 6.45) is 0.347. The van der Waals surface area contributed by atoms with Crippen molar-refractivity contribution in [2.75, 3.05) is 11.9 Å². The highest BCUT2D eigenvalue weighted by atomic mass is 79.9. The number of benzene rings is 1. The summed E-state index contributed by atoms with van der Waals surface area (Å²) in [5.41, 5.74) is 1.41. The topological polar surface area (TPSA) is 56.0 Å². The lowest BCUT2D eigenvalue weighted by molar-refractivity contribution is 0.189. The fraction of sp³-hybridized carbons (Fsp3) is 0.364. The van der Waals surface area contributed by atoms with Gasteiger partial charge in [-0.2, -0.15) is 5.26 Å². The van der Waals surface area contributed by atoms with Crippen LogP contribution in [0.3, 0.4) is 0 Å². The maximum Gasteiger partial charge on any atom is 0.101 e. The third-order valence-electron chi connectivity index (χ3n) is 1.98. The Hall–Kier alpha value is -1.05. The van der Waals surface area contributed by atoms with E-state index in [9.17, 15) is 0 Å². The summed E-state index contributed by atoms with van der Waals surface area (Å²) >= 11 is 3.31. The van der Waals surface area contributed by atoms with Crippen LogP contribution in [-0.2, 0) is 0 Å². The van der Waals surface area contributed by atoms with Gasteiger partial charge in [-0.15, -0.1) is 0 Å². The Kier molecular flexibility index (Phi) is 4.60. The van der Waals surface area contributed by atoms with Gasteiger partial charge < -0.3 is 10.4 Å². The van der Waals surface area contributed by atoms with Crippen LogP contribution in [0.2, 0.25) is 0 Å². The largest absolute Gasteiger partial charge is 0.393 e. The molecule has 2 N–H and O–H groups in total. The molecule has 15 heavy (non-hydrogen) atoms. The van der Waals surface area contributed by atoms with Gasteiger partial charge in [-0.3, -0.25) is 0 Å². The Balaban J connectivity index is 2.65. The molecule has 0 fully saturated rings. The van der Waals surface area contributed by atoms with E-state index < -0.39 is 0 Å². The second kappa shape index (κ2) is 5.74. The highest BCUT2D eigenvalue weighted by molar-refractivity contribution is 9.10. The van der Waals surface area contributed by atoms with E-state index in [1.54, 1.807) is 13.0 Å². The van der Waals surface area contributed by atoms with Gasteiger partial charge in [0.15, 0.2) is 0 Å². The van der Waals surface area contributed by atoms with Gasteiger partial charge in [0.2, 0.25) is 0 Å². The van der Waals surface area contributed by atoms with Crippen LogP contribution in [0, 0.1) is 11.3 Å². The summed E-state index contributed by atoms with van der Waals surface area (Å²) in [6, 6.07) is 7.62. The summed E-state index contributed by atoms with van der Waals surface area (Å²) in [5.74, 6) is 0. The fourth-order valence-electron chi connectivity index (χ4n) is 1.18. The highest BCUT2D eigenvalue weighted by Gasteiger charge is 2.02. The Morgan fingerprint density at radius 1 is 1.60 bits per heavy atom. The Labute approximate surface area is 97.9 Å². The van der Waals surface area contributed by atoms with E-state index >= 15 is 0 Å². The van der Waals surface area contributed by atoms with Crippen molar-refractivity contribution in [1.29, 1.82) is 5.26 Å². The molecule has 1 aromatic carbocycles. The van der Waals surface area contributed by atoms with E-state index in [0.717, 1.165) is 10.2 Å². The number of rotatable bonds is 4. The molecule has 3 nitrogen and oxygen atoms in total. The number of hydrogen-bond donors (Lipinski definition) is 2. The van der Waals surface area contributed by atoms with Gasteiger partial charge in [0, 0.05) is 11.0 Å². The molecular formula is C11H13BrN2O. The number of anilines is 1. The molecule has 1 aromatic rings. The number of aliphatic hydroxyl groups is 1. The van der Waals surface area contributed by atoms with Gasteiger partial charge in [0.1, 0.15) is 6.07 Å². The Bertz CT molecular complexity index is 371. The van der Waals surface area contributed by atoms with Crippen LogP contribution in [0.15, 0.2) is 22.7 Å². The molecule has 0 aromatic heterocycles. The van der Waals surface area contributed by atoms with E-state index in [1.165, 1.54) is 0 Å². The van der Waals surface area contributed by atoms with Gasteiger partial charge in [-0.25, -0.2) is 0 Å². The van der Waals surface area contributed by atoms with Crippen LogP contribution in [-0.4, -0.2) is 17.8 Å².